The highest BCUT2D eigenvalue weighted by atomic mass is 35.5. The zero-order chi connectivity index (χ0) is 14.9. The number of carbonyl (C=O) groups excluding carboxylic acids is 1. The number of likely N-dealkylation sites (tertiary alicyclic amines) is 1. The third-order valence-corrected chi connectivity index (χ3v) is 4.26. The van der Waals surface area contributed by atoms with E-state index >= 15 is 0 Å². The molecule has 1 unspecified atom stereocenters. The molecule has 0 radical (unpaired) electrons. The molecule has 1 aliphatic rings. The fraction of sp³-hybridized carbons (Fsp3) is 0.500. The standard InChI is InChI=1S/C14H17ClN2O3/c1-9(2)14(13(19)20)6-7-17(8-14)12(18)10-4-3-5-11(15)16-10/h3-5,9H,6-8H2,1-2H3,(H,19,20). The first-order valence-electron chi connectivity index (χ1n) is 6.52. The number of hydrogen-bond donors (Lipinski definition) is 1. The van der Waals surface area contributed by atoms with E-state index in [1.807, 2.05) is 13.8 Å². The molecule has 2 rings (SSSR count). The molecule has 0 spiro atoms. The van der Waals surface area contributed by atoms with Gasteiger partial charge in [-0.3, -0.25) is 9.59 Å². The van der Waals surface area contributed by atoms with Gasteiger partial charge in [-0.15, -0.1) is 0 Å². The fourth-order valence-electron chi connectivity index (χ4n) is 2.59. The SMILES string of the molecule is CC(C)C1(C(=O)O)CCN(C(=O)c2cccc(Cl)n2)C1. The fourth-order valence-corrected chi connectivity index (χ4v) is 2.75. The number of halogens is 1. The summed E-state index contributed by atoms with van der Waals surface area (Å²) in [6.07, 6.45) is 0.465. The number of carbonyl (C=O) groups is 2. The maximum absolute atomic E-state index is 12.3. The van der Waals surface area contributed by atoms with Crippen molar-refractivity contribution in [1.82, 2.24) is 9.88 Å². The molecule has 6 heteroatoms. The lowest BCUT2D eigenvalue weighted by molar-refractivity contribution is -0.150. The molecule has 1 saturated heterocycles. The lowest BCUT2D eigenvalue weighted by Crippen LogP contribution is -2.40. The summed E-state index contributed by atoms with van der Waals surface area (Å²) in [6.45, 7) is 4.39. The molecule has 1 aromatic rings. The maximum Gasteiger partial charge on any atom is 0.311 e. The molecule has 5 nitrogen and oxygen atoms in total. The number of aliphatic carboxylic acids is 1. The highest BCUT2D eigenvalue weighted by molar-refractivity contribution is 6.29. The van der Waals surface area contributed by atoms with Gasteiger partial charge in [-0.2, -0.15) is 0 Å². The zero-order valence-corrected chi connectivity index (χ0v) is 12.2. The van der Waals surface area contributed by atoms with Gasteiger partial charge in [0.25, 0.3) is 5.91 Å². The van der Waals surface area contributed by atoms with Crippen LogP contribution >= 0.6 is 11.6 Å². The average molecular weight is 297 g/mol. The zero-order valence-electron chi connectivity index (χ0n) is 11.5. The number of aromatic nitrogens is 1. The number of carboxylic acids is 1. The third kappa shape index (κ3) is 2.50. The van der Waals surface area contributed by atoms with Crippen molar-refractivity contribution in [1.29, 1.82) is 0 Å². The van der Waals surface area contributed by atoms with Crippen molar-refractivity contribution in [2.75, 3.05) is 13.1 Å². The lowest BCUT2D eigenvalue weighted by atomic mass is 9.76. The molecule has 0 bridgehead atoms. The van der Waals surface area contributed by atoms with Crippen LogP contribution in [-0.2, 0) is 4.79 Å². The minimum absolute atomic E-state index is 0.0369. The van der Waals surface area contributed by atoms with Gasteiger partial charge < -0.3 is 10.0 Å². The molecule has 2 heterocycles. The van der Waals surface area contributed by atoms with E-state index in [2.05, 4.69) is 4.98 Å². The number of pyridine rings is 1. The van der Waals surface area contributed by atoms with Crippen molar-refractivity contribution in [3.8, 4) is 0 Å². The summed E-state index contributed by atoms with van der Waals surface area (Å²) in [5.74, 6) is -1.15. The Morgan fingerprint density at radius 2 is 2.15 bits per heavy atom. The van der Waals surface area contributed by atoms with Crippen LogP contribution in [0.2, 0.25) is 5.15 Å². The van der Waals surface area contributed by atoms with Crippen LogP contribution in [0.1, 0.15) is 30.8 Å². The molecule has 0 aliphatic carbocycles. The van der Waals surface area contributed by atoms with Gasteiger partial charge in [0.15, 0.2) is 0 Å². The predicted octanol–water partition coefficient (Wildman–Crippen LogP) is 2.31. The number of carboxylic acid groups (broad SMARTS) is 1. The van der Waals surface area contributed by atoms with E-state index in [1.54, 1.807) is 23.1 Å². The predicted molar refractivity (Wildman–Crippen MR) is 74.7 cm³/mol. The third-order valence-electron chi connectivity index (χ3n) is 4.05. The molecular formula is C14H17ClN2O3. The summed E-state index contributed by atoms with van der Waals surface area (Å²) in [6, 6.07) is 4.84. The monoisotopic (exact) mass is 296 g/mol. The quantitative estimate of drug-likeness (QED) is 0.869. The molecule has 1 fully saturated rings. The van der Waals surface area contributed by atoms with Crippen LogP contribution < -0.4 is 0 Å². The normalized spacial score (nSPS) is 22.3. The van der Waals surface area contributed by atoms with Gasteiger partial charge in [0.1, 0.15) is 10.8 Å². The minimum atomic E-state index is -0.867. The van der Waals surface area contributed by atoms with E-state index in [0.717, 1.165) is 0 Å². The number of hydrogen-bond acceptors (Lipinski definition) is 3. The summed E-state index contributed by atoms with van der Waals surface area (Å²) in [5, 5.41) is 9.73. The number of nitrogens with zero attached hydrogens (tertiary/aromatic N) is 2. The lowest BCUT2D eigenvalue weighted by Gasteiger charge is -2.28. The second-order valence-corrected chi connectivity index (χ2v) is 5.83. The summed E-state index contributed by atoms with van der Waals surface area (Å²) in [5.41, 5.74) is -0.615. The molecule has 0 saturated carbocycles. The van der Waals surface area contributed by atoms with Crippen molar-refractivity contribution in [2.45, 2.75) is 20.3 Å². The number of amides is 1. The average Bonchev–Trinajstić information content (AvgIpc) is 2.84. The van der Waals surface area contributed by atoms with Crippen molar-refractivity contribution >= 4 is 23.5 Å². The molecule has 1 atom stereocenters. The molecule has 1 amide bonds. The smallest absolute Gasteiger partial charge is 0.311 e. The van der Waals surface area contributed by atoms with E-state index < -0.39 is 11.4 Å². The van der Waals surface area contributed by atoms with Gasteiger partial charge in [0.05, 0.1) is 5.41 Å². The molecule has 1 aliphatic heterocycles. The minimum Gasteiger partial charge on any atom is -0.481 e. The van der Waals surface area contributed by atoms with E-state index in [4.69, 9.17) is 11.6 Å². The van der Waals surface area contributed by atoms with Gasteiger partial charge in [0.2, 0.25) is 0 Å². The Morgan fingerprint density at radius 1 is 1.45 bits per heavy atom. The van der Waals surface area contributed by atoms with Gasteiger partial charge in [-0.25, -0.2) is 4.98 Å². The Bertz CT molecular complexity index is 547. The van der Waals surface area contributed by atoms with E-state index in [-0.39, 0.29) is 29.2 Å². The van der Waals surface area contributed by atoms with Gasteiger partial charge in [0, 0.05) is 13.1 Å². The molecule has 1 aromatic heterocycles. The van der Waals surface area contributed by atoms with Crippen molar-refractivity contribution in [2.24, 2.45) is 11.3 Å². The largest absolute Gasteiger partial charge is 0.481 e. The van der Waals surface area contributed by atoms with Crippen molar-refractivity contribution in [3.63, 3.8) is 0 Å². The van der Waals surface area contributed by atoms with E-state index in [0.29, 0.717) is 13.0 Å². The maximum atomic E-state index is 12.3. The van der Waals surface area contributed by atoms with Gasteiger partial charge in [-0.1, -0.05) is 31.5 Å². The molecule has 0 aromatic carbocycles. The molecular weight excluding hydrogens is 280 g/mol. The van der Waals surface area contributed by atoms with Crippen LogP contribution in [0.15, 0.2) is 18.2 Å². The first-order chi connectivity index (χ1) is 9.36. The van der Waals surface area contributed by atoms with Crippen LogP contribution in [-0.4, -0.2) is 40.0 Å². The van der Waals surface area contributed by atoms with Crippen LogP contribution in [0.25, 0.3) is 0 Å². The summed E-state index contributed by atoms with van der Waals surface area (Å²) in [7, 11) is 0. The van der Waals surface area contributed by atoms with Crippen molar-refractivity contribution in [3.05, 3.63) is 29.0 Å². The van der Waals surface area contributed by atoms with Crippen LogP contribution in [0.5, 0.6) is 0 Å². The van der Waals surface area contributed by atoms with Crippen LogP contribution in [0.4, 0.5) is 0 Å². The Morgan fingerprint density at radius 3 is 2.65 bits per heavy atom. The number of rotatable bonds is 3. The topological polar surface area (TPSA) is 70.5 Å². The van der Waals surface area contributed by atoms with Crippen LogP contribution in [0, 0.1) is 11.3 Å². The summed E-state index contributed by atoms with van der Waals surface area (Å²) in [4.78, 5) is 29.4. The Balaban J connectivity index is 2.21. The second-order valence-electron chi connectivity index (χ2n) is 5.44. The first kappa shape index (κ1) is 14.8. The van der Waals surface area contributed by atoms with Gasteiger partial charge in [-0.05, 0) is 24.5 Å². The van der Waals surface area contributed by atoms with Crippen LogP contribution in [0.3, 0.4) is 0 Å². The Kier molecular flexibility index (Phi) is 3.99. The second kappa shape index (κ2) is 5.40. The summed E-state index contributed by atoms with van der Waals surface area (Å²) < 4.78 is 0. The highest BCUT2D eigenvalue weighted by Crippen LogP contribution is 2.38. The van der Waals surface area contributed by atoms with E-state index in [1.165, 1.54) is 0 Å². The first-order valence-corrected chi connectivity index (χ1v) is 6.90. The molecule has 20 heavy (non-hydrogen) atoms. The van der Waals surface area contributed by atoms with Crippen molar-refractivity contribution < 1.29 is 14.7 Å². The molecule has 108 valence electrons. The summed E-state index contributed by atoms with van der Waals surface area (Å²) >= 11 is 5.78. The Labute approximate surface area is 122 Å². The Hall–Kier alpha value is -1.62. The highest BCUT2D eigenvalue weighted by Gasteiger charge is 2.48. The van der Waals surface area contributed by atoms with E-state index in [9.17, 15) is 14.7 Å². The van der Waals surface area contributed by atoms with Gasteiger partial charge >= 0.3 is 5.97 Å². The molecule has 1 N–H and O–H groups in total.